The first-order valence-corrected chi connectivity index (χ1v) is 9.71. The SMILES string of the molecule is CC(=O)N1CCc2cc(C(=O)NCC3CCN(c4ccccc4F)C3)ccc21. The van der Waals surface area contributed by atoms with Crippen LogP contribution in [0.25, 0.3) is 0 Å². The molecule has 1 saturated heterocycles. The quantitative estimate of drug-likeness (QED) is 0.886. The van der Waals surface area contributed by atoms with Crippen LogP contribution in [0.2, 0.25) is 0 Å². The van der Waals surface area contributed by atoms with Crippen molar-refractivity contribution in [1.29, 1.82) is 0 Å². The van der Waals surface area contributed by atoms with Gasteiger partial charge in [-0.3, -0.25) is 9.59 Å². The van der Waals surface area contributed by atoms with Crippen LogP contribution in [0.4, 0.5) is 15.8 Å². The second-order valence-electron chi connectivity index (χ2n) is 7.53. The molecule has 4 rings (SSSR count). The Morgan fingerprint density at radius 2 is 1.96 bits per heavy atom. The van der Waals surface area contributed by atoms with Gasteiger partial charge in [0.15, 0.2) is 0 Å². The first-order valence-electron chi connectivity index (χ1n) is 9.71. The number of amides is 2. The standard InChI is InChI=1S/C22H24FN3O2/c1-15(27)26-11-9-17-12-18(6-7-20(17)26)22(28)24-13-16-8-10-25(14-16)21-5-3-2-4-19(21)23/h2-7,12,16H,8-11,13-14H2,1H3,(H,24,28). The van der Waals surface area contributed by atoms with E-state index in [1.165, 1.54) is 6.07 Å². The zero-order chi connectivity index (χ0) is 19.7. The van der Waals surface area contributed by atoms with E-state index >= 15 is 0 Å². The normalized spacial score (nSPS) is 18.3. The van der Waals surface area contributed by atoms with Crippen molar-refractivity contribution in [1.82, 2.24) is 5.32 Å². The minimum Gasteiger partial charge on any atom is -0.369 e. The Morgan fingerprint density at radius 1 is 1.14 bits per heavy atom. The van der Waals surface area contributed by atoms with E-state index in [4.69, 9.17) is 0 Å². The van der Waals surface area contributed by atoms with Gasteiger partial charge < -0.3 is 15.1 Å². The summed E-state index contributed by atoms with van der Waals surface area (Å²) in [6, 6.07) is 12.3. The fraction of sp³-hybridized carbons (Fsp3) is 0.364. The molecule has 0 spiro atoms. The Bertz CT molecular complexity index is 914. The molecule has 0 aliphatic carbocycles. The fourth-order valence-electron chi connectivity index (χ4n) is 4.14. The molecule has 1 unspecified atom stereocenters. The fourth-order valence-corrected chi connectivity index (χ4v) is 4.14. The number of benzene rings is 2. The van der Waals surface area contributed by atoms with Crippen molar-refractivity contribution in [3.05, 3.63) is 59.4 Å². The van der Waals surface area contributed by atoms with Crippen molar-refractivity contribution in [3.8, 4) is 0 Å². The number of nitrogens with one attached hydrogen (secondary N) is 1. The lowest BCUT2D eigenvalue weighted by Gasteiger charge is -2.19. The molecular weight excluding hydrogens is 357 g/mol. The second kappa shape index (κ2) is 7.62. The lowest BCUT2D eigenvalue weighted by atomic mass is 10.1. The number of hydrogen-bond acceptors (Lipinski definition) is 3. The van der Waals surface area contributed by atoms with E-state index in [1.54, 1.807) is 30.0 Å². The molecule has 5 nitrogen and oxygen atoms in total. The summed E-state index contributed by atoms with van der Waals surface area (Å²) < 4.78 is 14.0. The van der Waals surface area contributed by atoms with Crippen molar-refractivity contribution >= 4 is 23.2 Å². The van der Waals surface area contributed by atoms with E-state index in [2.05, 4.69) is 5.32 Å². The van der Waals surface area contributed by atoms with Crippen molar-refractivity contribution < 1.29 is 14.0 Å². The number of nitrogens with zero attached hydrogens (tertiary/aromatic N) is 2. The summed E-state index contributed by atoms with van der Waals surface area (Å²) in [5.41, 5.74) is 3.19. The van der Waals surface area contributed by atoms with Gasteiger partial charge in [0, 0.05) is 44.4 Å². The monoisotopic (exact) mass is 381 g/mol. The molecule has 2 aromatic carbocycles. The molecule has 2 heterocycles. The smallest absolute Gasteiger partial charge is 0.251 e. The van der Waals surface area contributed by atoms with Gasteiger partial charge in [-0.25, -0.2) is 4.39 Å². The molecule has 0 radical (unpaired) electrons. The summed E-state index contributed by atoms with van der Waals surface area (Å²) in [6.45, 7) is 4.33. The largest absolute Gasteiger partial charge is 0.369 e. The van der Waals surface area contributed by atoms with Crippen molar-refractivity contribution in [3.63, 3.8) is 0 Å². The predicted octanol–water partition coefficient (Wildman–Crippen LogP) is 2.99. The summed E-state index contributed by atoms with van der Waals surface area (Å²) in [4.78, 5) is 28.0. The minimum absolute atomic E-state index is 0.0246. The van der Waals surface area contributed by atoms with Crippen LogP contribution >= 0.6 is 0 Å². The molecule has 2 aromatic rings. The highest BCUT2D eigenvalue weighted by atomic mass is 19.1. The molecule has 0 aromatic heterocycles. The van der Waals surface area contributed by atoms with Gasteiger partial charge in [0.25, 0.3) is 5.91 Å². The molecule has 146 valence electrons. The number of rotatable bonds is 4. The average Bonchev–Trinajstić information content (AvgIpc) is 3.33. The van der Waals surface area contributed by atoms with Crippen molar-refractivity contribution in [2.24, 2.45) is 5.92 Å². The van der Waals surface area contributed by atoms with E-state index in [-0.39, 0.29) is 17.6 Å². The van der Waals surface area contributed by atoms with Gasteiger partial charge >= 0.3 is 0 Å². The Morgan fingerprint density at radius 3 is 2.75 bits per heavy atom. The van der Waals surface area contributed by atoms with Crippen LogP contribution in [-0.4, -0.2) is 38.0 Å². The number of para-hydroxylation sites is 1. The Kier molecular flexibility index (Phi) is 5.03. The first-order chi connectivity index (χ1) is 13.5. The van der Waals surface area contributed by atoms with Crippen LogP contribution < -0.4 is 15.1 Å². The van der Waals surface area contributed by atoms with E-state index in [9.17, 15) is 14.0 Å². The summed E-state index contributed by atoms with van der Waals surface area (Å²) in [7, 11) is 0. The number of carbonyl (C=O) groups is 2. The lowest BCUT2D eigenvalue weighted by Crippen LogP contribution is -2.31. The lowest BCUT2D eigenvalue weighted by molar-refractivity contribution is -0.116. The average molecular weight is 381 g/mol. The molecule has 0 saturated carbocycles. The molecule has 28 heavy (non-hydrogen) atoms. The van der Waals surface area contributed by atoms with Gasteiger partial charge in [0.2, 0.25) is 5.91 Å². The Labute approximate surface area is 164 Å². The highest BCUT2D eigenvalue weighted by Gasteiger charge is 2.26. The van der Waals surface area contributed by atoms with Crippen LogP contribution in [0, 0.1) is 11.7 Å². The minimum atomic E-state index is -0.204. The van der Waals surface area contributed by atoms with E-state index in [0.717, 1.165) is 37.2 Å². The summed E-state index contributed by atoms with van der Waals surface area (Å²) in [5.74, 6) is 0.0149. The van der Waals surface area contributed by atoms with Gasteiger partial charge in [-0.2, -0.15) is 0 Å². The molecule has 1 atom stereocenters. The zero-order valence-electron chi connectivity index (χ0n) is 16.0. The maximum atomic E-state index is 14.0. The Hall–Kier alpha value is -2.89. The third-order valence-corrected chi connectivity index (χ3v) is 5.65. The zero-order valence-corrected chi connectivity index (χ0v) is 16.0. The molecule has 0 bridgehead atoms. The van der Waals surface area contributed by atoms with Crippen LogP contribution in [0.15, 0.2) is 42.5 Å². The highest BCUT2D eigenvalue weighted by molar-refractivity contribution is 5.97. The topological polar surface area (TPSA) is 52.7 Å². The van der Waals surface area contributed by atoms with E-state index < -0.39 is 0 Å². The maximum Gasteiger partial charge on any atom is 0.251 e. The molecule has 1 N–H and O–H groups in total. The maximum absolute atomic E-state index is 14.0. The van der Waals surface area contributed by atoms with E-state index in [1.807, 2.05) is 23.1 Å². The molecule has 1 fully saturated rings. The first kappa shape index (κ1) is 18.5. The molecule has 2 aliphatic rings. The molecular formula is C22H24FN3O2. The number of anilines is 2. The van der Waals surface area contributed by atoms with E-state index in [0.29, 0.717) is 30.3 Å². The van der Waals surface area contributed by atoms with Crippen LogP contribution in [0.5, 0.6) is 0 Å². The number of carbonyl (C=O) groups excluding carboxylic acids is 2. The molecule has 6 heteroatoms. The van der Waals surface area contributed by atoms with Gasteiger partial charge in [-0.1, -0.05) is 12.1 Å². The number of fused-ring (bicyclic) bond motifs is 1. The third-order valence-electron chi connectivity index (χ3n) is 5.65. The third kappa shape index (κ3) is 3.59. The van der Waals surface area contributed by atoms with Gasteiger partial charge in [0.1, 0.15) is 5.82 Å². The molecule has 2 amide bonds. The number of hydrogen-bond donors (Lipinski definition) is 1. The second-order valence-corrected chi connectivity index (χ2v) is 7.53. The van der Waals surface area contributed by atoms with Crippen LogP contribution in [-0.2, 0) is 11.2 Å². The van der Waals surface area contributed by atoms with Crippen LogP contribution in [0.3, 0.4) is 0 Å². The van der Waals surface area contributed by atoms with Crippen molar-refractivity contribution in [2.75, 3.05) is 36.0 Å². The Balaban J connectivity index is 1.34. The summed E-state index contributed by atoms with van der Waals surface area (Å²) in [5, 5.41) is 3.01. The highest BCUT2D eigenvalue weighted by Crippen LogP contribution is 2.29. The predicted molar refractivity (Wildman–Crippen MR) is 107 cm³/mol. The summed E-state index contributed by atoms with van der Waals surface area (Å²) in [6.07, 6.45) is 1.70. The van der Waals surface area contributed by atoms with Gasteiger partial charge in [-0.05, 0) is 54.7 Å². The summed E-state index contributed by atoms with van der Waals surface area (Å²) >= 11 is 0. The molecule has 2 aliphatic heterocycles. The van der Waals surface area contributed by atoms with Crippen LogP contribution in [0.1, 0.15) is 29.3 Å². The van der Waals surface area contributed by atoms with Gasteiger partial charge in [-0.15, -0.1) is 0 Å². The van der Waals surface area contributed by atoms with Gasteiger partial charge in [0.05, 0.1) is 5.69 Å². The number of halogens is 1. The van der Waals surface area contributed by atoms with Crippen molar-refractivity contribution in [2.45, 2.75) is 19.8 Å².